The van der Waals surface area contributed by atoms with Gasteiger partial charge in [-0.15, -0.1) is 0 Å². The molecule has 3 atom stereocenters. The minimum atomic E-state index is -0.146. The van der Waals surface area contributed by atoms with E-state index in [1.807, 2.05) is 24.3 Å². The van der Waals surface area contributed by atoms with Gasteiger partial charge in [0.2, 0.25) is 5.91 Å². The van der Waals surface area contributed by atoms with E-state index in [2.05, 4.69) is 21.5 Å². The van der Waals surface area contributed by atoms with Crippen LogP contribution in [0, 0.1) is 5.92 Å². The first-order valence-electron chi connectivity index (χ1n) is 7.49. The van der Waals surface area contributed by atoms with E-state index in [0.29, 0.717) is 11.6 Å². The molecule has 5 nitrogen and oxygen atoms in total. The van der Waals surface area contributed by atoms with Crippen LogP contribution in [0.3, 0.4) is 0 Å². The molecular formula is C15H21ClN4O. The van der Waals surface area contributed by atoms with Gasteiger partial charge in [0.1, 0.15) is 0 Å². The minimum Gasteiger partial charge on any atom is -0.352 e. The van der Waals surface area contributed by atoms with Crippen LogP contribution >= 0.6 is 11.6 Å². The smallest absolute Gasteiger partial charge is 0.226 e. The molecule has 2 unspecified atom stereocenters. The Hall–Kier alpha value is -1.14. The van der Waals surface area contributed by atoms with Gasteiger partial charge in [0, 0.05) is 24.2 Å². The van der Waals surface area contributed by atoms with E-state index >= 15 is 0 Å². The Kier molecular flexibility index (Phi) is 4.75. The number of nitrogens with one attached hydrogen (secondary N) is 4. The van der Waals surface area contributed by atoms with E-state index < -0.39 is 0 Å². The van der Waals surface area contributed by atoms with Crippen molar-refractivity contribution in [3.05, 3.63) is 34.9 Å². The molecular weight excluding hydrogens is 288 g/mol. The van der Waals surface area contributed by atoms with Crippen LogP contribution in [0.4, 0.5) is 0 Å². The van der Waals surface area contributed by atoms with Crippen LogP contribution in [-0.4, -0.2) is 31.6 Å². The van der Waals surface area contributed by atoms with Crippen molar-refractivity contribution in [2.45, 2.75) is 24.9 Å². The van der Waals surface area contributed by atoms with E-state index in [4.69, 9.17) is 11.6 Å². The van der Waals surface area contributed by atoms with Gasteiger partial charge in [0.15, 0.2) is 0 Å². The summed E-state index contributed by atoms with van der Waals surface area (Å²) < 4.78 is 0. The van der Waals surface area contributed by atoms with Crippen molar-refractivity contribution in [2.75, 3.05) is 19.6 Å². The first kappa shape index (κ1) is 14.8. The Morgan fingerprint density at radius 3 is 2.90 bits per heavy atom. The van der Waals surface area contributed by atoms with Gasteiger partial charge < -0.3 is 10.6 Å². The van der Waals surface area contributed by atoms with Crippen molar-refractivity contribution in [3.63, 3.8) is 0 Å². The summed E-state index contributed by atoms with van der Waals surface area (Å²) >= 11 is 6.26. The van der Waals surface area contributed by atoms with E-state index in [0.717, 1.165) is 31.5 Å². The number of rotatable bonds is 3. The predicted molar refractivity (Wildman–Crippen MR) is 82.9 cm³/mol. The average molecular weight is 309 g/mol. The molecule has 2 fully saturated rings. The van der Waals surface area contributed by atoms with Gasteiger partial charge in [-0.3, -0.25) is 10.2 Å². The van der Waals surface area contributed by atoms with Gasteiger partial charge >= 0.3 is 0 Å². The molecule has 1 amide bonds. The molecule has 0 saturated carbocycles. The van der Waals surface area contributed by atoms with E-state index in [9.17, 15) is 4.79 Å². The fourth-order valence-electron chi connectivity index (χ4n) is 3.05. The minimum absolute atomic E-state index is 0.0877. The highest BCUT2D eigenvalue weighted by Crippen LogP contribution is 2.30. The lowest BCUT2D eigenvalue weighted by atomic mass is 9.93. The Bertz CT molecular complexity index is 504. The molecule has 0 bridgehead atoms. The maximum atomic E-state index is 12.5. The molecule has 2 aliphatic heterocycles. The molecule has 114 valence electrons. The standard InChI is InChI=1S/C15H21ClN4O/c16-13-6-2-1-5-11(13)14-12(9-18-20-14)15(21)19-10-4-3-7-17-8-10/h1-2,5-6,10,12,14,17-18,20H,3-4,7-9H2,(H,19,21)/t10-,12?,14?/m0/s1. The number of benzene rings is 1. The fourth-order valence-corrected chi connectivity index (χ4v) is 3.30. The van der Waals surface area contributed by atoms with Crippen LogP contribution in [0.5, 0.6) is 0 Å². The Morgan fingerprint density at radius 2 is 2.14 bits per heavy atom. The lowest BCUT2D eigenvalue weighted by Gasteiger charge is -2.26. The van der Waals surface area contributed by atoms with Gasteiger partial charge in [-0.05, 0) is 31.0 Å². The number of halogens is 1. The van der Waals surface area contributed by atoms with Gasteiger partial charge in [-0.25, -0.2) is 5.43 Å². The molecule has 0 radical (unpaired) electrons. The number of hydrogen-bond acceptors (Lipinski definition) is 4. The summed E-state index contributed by atoms with van der Waals surface area (Å²) in [5.41, 5.74) is 7.22. The highest BCUT2D eigenvalue weighted by molar-refractivity contribution is 6.31. The molecule has 2 heterocycles. The van der Waals surface area contributed by atoms with Crippen LogP contribution in [0.1, 0.15) is 24.4 Å². The summed E-state index contributed by atoms with van der Waals surface area (Å²) in [5, 5.41) is 7.16. The number of hydrazine groups is 1. The zero-order chi connectivity index (χ0) is 14.7. The van der Waals surface area contributed by atoms with Gasteiger partial charge in [-0.1, -0.05) is 29.8 Å². The molecule has 0 spiro atoms. The molecule has 1 aromatic rings. The molecule has 0 aromatic heterocycles. The van der Waals surface area contributed by atoms with Crippen molar-refractivity contribution in [1.82, 2.24) is 21.5 Å². The Balaban J connectivity index is 1.68. The normalized spacial score (nSPS) is 29.3. The topological polar surface area (TPSA) is 65.2 Å². The zero-order valence-corrected chi connectivity index (χ0v) is 12.6. The van der Waals surface area contributed by atoms with Crippen LogP contribution in [0.15, 0.2) is 24.3 Å². The second-order valence-corrected chi connectivity index (χ2v) is 6.09. The maximum Gasteiger partial charge on any atom is 0.226 e. The van der Waals surface area contributed by atoms with Crippen molar-refractivity contribution in [1.29, 1.82) is 0 Å². The molecule has 6 heteroatoms. The third-order valence-corrected chi connectivity index (χ3v) is 4.55. The number of hydrogen-bond donors (Lipinski definition) is 4. The fraction of sp³-hybridized carbons (Fsp3) is 0.533. The first-order chi connectivity index (χ1) is 10.3. The monoisotopic (exact) mass is 308 g/mol. The molecule has 4 N–H and O–H groups in total. The lowest BCUT2D eigenvalue weighted by molar-refractivity contribution is -0.125. The lowest BCUT2D eigenvalue weighted by Crippen LogP contribution is -2.48. The number of amides is 1. The van der Waals surface area contributed by atoms with Crippen LogP contribution in [0.25, 0.3) is 0 Å². The van der Waals surface area contributed by atoms with Crippen LogP contribution in [-0.2, 0) is 4.79 Å². The number of carbonyl (C=O) groups is 1. The molecule has 0 aliphatic carbocycles. The second kappa shape index (κ2) is 6.75. The first-order valence-corrected chi connectivity index (χ1v) is 7.87. The quantitative estimate of drug-likeness (QED) is 0.672. The zero-order valence-electron chi connectivity index (χ0n) is 11.9. The van der Waals surface area contributed by atoms with Crippen molar-refractivity contribution in [2.24, 2.45) is 5.92 Å². The second-order valence-electron chi connectivity index (χ2n) is 5.68. The third kappa shape index (κ3) is 3.37. The largest absolute Gasteiger partial charge is 0.352 e. The highest BCUT2D eigenvalue weighted by atomic mass is 35.5. The summed E-state index contributed by atoms with van der Waals surface area (Å²) in [4.78, 5) is 12.5. The van der Waals surface area contributed by atoms with E-state index in [1.165, 1.54) is 0 Å². The molecule has 2 saturated heterocycles. The van der Waals surface area contributed by atoms with Crippen LogP contribution < -0.4 is 21.5 Å². The molecule has 1 aromatic carbocycles. The van der Waals surface area contributed by atoms with Crippen molar-refractivity contribution in [3.8, 4) is 0 Å². The summed E-state index contributed by atoms with van der Waals surface area (Å²) in [5.74, 6) is -0.0575. The van der Waals surface area contributed by atoms with Gasteiger partial charge in [0.25, 0.3) is 0 Å². The Labute approximate surface area is 129 Å². The predicted octanol–water partition coefficient (Wildman–Crippen LogP) is 0.973. The van der Waals surface area contributed by atoms with Gasteiger partial charge in [-0.2, -0.15) is 0 Å². The van der Waals surface area contributed by atoms with E-state index in [1.54, 1.807) is 0 Å². The molecule has 3 rings (SSSR count). The summed E-state index contributed by atoms with van der Waals surface area (Å²) in [6.45, 7) is 2.51. The maximum absolute atomic E-state index is 12.5. The summed E-state index contributed by atoms with van der Waals surface area (Å²) in [6, 6.07) is 7.82. The summed E-state index contributed by atoms with van der Waals surface area (Å²) in [7, 11) is 0. The molecule has 2 aliphatic rings. The van der Waals surface area contributed by atoms with Gasteiger partial charge in [0.05, 0.1) is 12.0 Å². The third-order valence-electron chi connectivity index (χ3n) is 4.20. The summed E-state index contributed by atoms with van der Waals surface area (Å²) in [6.07, 6.45) is 2.16. The van der Waals surface area contributed by atoms with E-state index in [-0.39, 0.29) is 23.9 Å². The SMILES string of the molecule is O=C(N[C@H]1CCCNC1)C1CNNC1c1ccccc1Cl. The molecule has 21 heavy (non-hydrogen) atoms. The van der Waals surface area contributed by atoms with Crippen molar-refractivity contribution < 1.29 is 4.79 Å². The van der Waals surface area contributed by atoms with Crippen molar-refractivity contribution >= 4 is 17.5 Å². The number of piperidine rings is 1. The highest BCUT2D eigenvalue weighted by Gasteiger charge is 2.35. The Morgan fingerprint density at radius 1 is 1.29 bits per heavy atom. The number of carbonyl (C=O) groups excluding carboxylic acids is 1. The average Bonchev–Trinajstić information content (AvgIpc) is 2.98. The van der Waals surface area contributed by atoms with Crippen LogP contribution in [0.2, 0.25) is 5.02 Å².